The van der Waals surface area contributed by atoms with Gasteiger partial charge in [0.1, 0.15) is 11.4 Å². The third-order valence-electron chi connectivity index (χ3n) is 2.58. The monoisotopic (exact) mass is 229 g/mol. The van der Waals surface area contributed by atoms with E-state index in [0.717, 1.165) is 5.56 Å². The van der Waals surface area contributed by atoms with Gasteiger partial charge in [-0.25, -0.2) is 0 Å². The third kappa shape index (κ3) is 2.25. The second-order valence-electron chi connectivity index (χ2n) is 3.46. The summed E-state index contributed by atoms with van der Waals surface area (Å²) in [5.41, 5.74) is 5.99. The van der Waals surface area contributed by atoms with E-state index >= 15 is 0 Å². The second-order valence-corrected chi connectivity index (χ2v) is 3.87. The largest absolute Gasteiger partial charge is 0.495 e. The van der Waals surface area contributed by atoms with Gasteiger partial charge in [-0.2, -0.15) is 0 Å². The van der Waals surface area contributed by atoms with Crippen LogP contribution < -0.4 is 10.5 Å². The minimum Gasteiger partial charge on any atom is -0.495 e. The maximum Gasteiger partial charge on any atom is 0.143 e. The first-order chi connectivity index (χ1) is 7.09. The zero-order chi connectivity index (χ0) is 11.5. The van der Waals surface area contributed by atoms with Crippen molar-refractivity contribution in [3.8, 4) is 5.75 Å². The first-order valence-corrected chi connectivity index (χ1v) is 5.05. The van der Waals surface area contributed by atoms with Crippen LogP contribution in [0.15, 0.2) is 18.2 Å². The van der Waals surface area contributed by atoms with E-state index in [2.05, 4.69) is 0 Å². The van der Waals surface area contributed by atoms with Crippen LogP contribution in [0, 0.1) is 0 Å². The van der Waals surface area contributed by atoms with Crippen LogP contribution in [0.3, 0.4) is 0 Å². The first-order valence-electron chi connectivity index (χ1n) is 4.67. The van der Waals surface area contributed by atoms with Crippen LogP contribution in [0.4, 0.5) is 0 Å². The summed E-state index contributed by atoms with van der Waals surface area (Å²) in [6.07, 6.45) is 0. The molecule has 1 rings (SSSR count). The lowest BCUT2D eigenvalue weighted by molar-refractivity contribution is 0.00823. The first kappa shape index (κ1) is 12.3. The van der Waals surface area contributed by atoms with Crippen LogP contribution in [0.2, 0.25) is 5.02 Å². The number of para-hydroxylation sites is 1. The Morgan fingerprint density at radius 3 is 2.53 bits per heavy atom. The summed E-state index contributed by atoms with van der Waals surface area (Å²) in [4.78, 5) is 0. The van der Waals surface area contributed by atoms with E-state index in [1.165, 1.54) is 0 Å². The molecule has 84 valence electrons. The molecule has 0 fully saturated rings. The number of hydrogen-bond donors (Lipinski definition) is 1. The quantitative estimate of drug-likeness (QED) is 0.861. The summed E-state index contributed by atoms with van der Waals surface area (Å²) in [6, 6.07) is 5.53. The normalized spacial score (nSPS) is 14.7. The lowest BCUT2D eigenvalue weighted by Gasteiger charge is -2.28. The van der Waals surface area contributed by atoms with E-state index in [9.17, 15) is 0 Å². The molecule has 1 unspecified atom stereocenters. The smallest absolute Gasteiger partial charge is 0.143 e. The average molecular weight is 230 g/mol. The standard InChI is InChI=1S/C11H16ClNO2/c1-11(7-13,15-3)8-5-4-6-9(12)10(8)14-2/h4-6H,7,13H2,1-3H3. The van der Waals surface area contributed by atoms with Gasteiger partial charge in [-0.1, -0.05) is 23.7 Å². The summed E-state index contributed by atoms with van der Waals surface area (Å²) in [5.74, 6) is 0.619. The zero-order valence-corrected chi connectivity index (χ0v) is 9.97. The highest BCUT2D eigenvalue weighted by atomic mass is 35.5. The van der Waals surface area contributed by atoms with Gasteiger partial charge in [-0.15, -0.1) is 0 Å². The summed E-state index contributed by atoms with van der Waals surface area (Å²) in [5, 5.41) is 0.562. The van der Waals surface area contributed by atoms with Gasteiger partial charge in [0.15, 0.2) is 0 Å². The van der Waals surface area contributed by atoms with Crippen molar-refractivity contribution in [2.45, 2.75) is 12.5 Å². The lowest BCUT2D eigenvalue weighted by Crippen LogP contribution is -2.34. The summed E-state index contributed by atoms with van der Waals surface area (Å²) >= 11 is 6.03. The Labute approximate surface area is 95.1 Å². The molecule has 2 N–H and O–H groups in total. The van der Waals surface area contributed by atoms with Gasteiger partial charge in [0.05, 0.1) is 12.1 Å². The topological polar surface area (TPSA) is 44.5 Å². The van der Waals surface area contributed by atoms with E-state index in [1.807, 2.05) is 19.1 Å². The molecule has 0 heterocycles. The molecule has 0 saturated carbocycles. The molecule has 0 aliphatic heterocycles. The van der Waals surface area contributed by atoms with Crippen molar-refractivity contribution in [1.29, 1.82) is 0 Å². The van der Waals surface area contributed by atoms with Gasteiger partial charge in [0.25, 0.3) is 0 Å². The molecule has 0 aromatic heterocycles. The van der Waals surface area contributed by atoms with Gasteiger partial charge >= 0.3 is 0 Å². The summed E-state index contributed by atoms with van der Waals surface area (Å²) in [7, 11) is 3.20. The molecule has 0 saturated heterocycles. The van der Waals surface area contributed by atoms with Crippen LogP contribution in [0.5, 0.6) is 5.75 Å². The molecular weight excluding hydrogens is 214 g/mol. The van der Waals surface area contributed by atoms with Crippen LogP contribution in [-0.4, -0.2) is 20.8 Å². The molecule has 15 heavy (non-hydrogen) atoms. The van der Waals surface area contributed by atoms with E-state index in [-0.39, 0.29) is 0 Å². The van der Waals surface area contributed by atoms with Gasteiger partial charge in [0, 0.05) is 19.2 Å². The van der Waals surface area contributed by atoms with Crippen LogP contribution in [0.25, 0.3) is 0 Å². The van der Waals surface area contributed by atoms with Crippen molar-refractivity contribution >= 4 is 11.6 Å². The molecule has 0 aliphatic carbocycles. The third-order valence-corrected chi connectivity index (χ3v) is 2.88. The molecule has 0 bridgehead atoms. The molecule has 0 aliphatic rings. The molecule has 0 amide bonds. The lowest BCUT2D eigenvalue weighted by atomic mass is 9.95. The van der Waals surface area contributed by atoms with Crippen LogP contribution in [0.1, 0.15) is 12.5 Å². The van der Waals surface area contributed by atoms with Crippen molar-refractivity contribution in [1.82, 2.24) is 0 Å². The molecule has 1 aromatic carbocycles. The number of benzene rings is 1. The Morgan fingerprint density at radius 2 is 2.07 bits per heavy atom. The molecular formula is C11H16ClNO2. The fourth-order valence-corrected chi connectivity index (χ4v) is 1.69. The Kier molecular flexibility index (Phi) is 3.97. The number of ether oxygens (including phenoxy) is 2. The Balaban J connectivity index is 3.29. The van der Waals surface area contributed by atoms with E-state index < -0.39 is 5.60 Å². The zero-order valence-electron chi connectivity index (χ0n) is 9.21. The fourth-order valence-electron chi connectivity index (χ4n) is 1.44. The number of rotatable bonds is 4. The molecule has 0 spiro atoms. The Bertz CT molecular complexity index is 337. The fraction of sp³-hybridized carbons (Fsp3) is 0.455. The SMILES string of the molecule is COc1c(Cl)cccc1C(C)(CN)OC. The van der Waals surface area contributed by atoms with Crippen molar-refractivity contribution in [2.24, 2.45) is 5.73 Å². The van der Waals surface area contributed by atoms with E-state index in [0.29, 0.717) is 17.3 Å². The summed E-state index contributed by atoms with van der Waals surface area (Å²) in [6.45, 7) is 2.27. The van der Waals surface area contributed by atoms with E-state index in [4.69, 9.17) is 26.8 Å². The van der Waals surface area contributed by atoms with Crippen molar-refractivity contribution < 1.29 is 9.47 Å². The minimum atomic E-state index is -0.573. The molecule has 1 atom stereocenters. The molecule has 4 heteroatoms. The summed E-state index contributed by atoms with van der Waals surface area (Å²) < 4.78 is 10.7. The number of nitrogens with two attached hydrogens (primary N) is 1. The van der Waals surface area contributed by atoms with Crippen molar-refractivity contribution in [3.05, 3.63) is 28.8 Å². The predicted octanol–water partition coefficient (Wildman–Crippen LogP) is 2.17. The number of methoxy groups -OCH3 is 2. The number of hydrogen-bond acceptors (Lipinski definition) is 3. The Morgan fingerprint density at radius 1 is 1.40 bits per heavy atom. The highest BCUT2D eigenvalue weighted by Gasteiger charge is 2.28. The van der Waals surface area contributed by atoms with E-state index in [1.54, 1.807) is 20.3 Å². The maximum atomic E-state index is 6.03. The minimum absolute atomic E-state index is 0.361. The van der Waals surface area contributed by atoms with Gasteiger partial charge in [-0.3, -0.25) is 0 Å². The molecule has 3 nitrogen and oxygen atoms in total. The number of halogens is 1. The van der Waals surface area contributed by atoms with Gasteiger partial charge in [0.2, 0.25) is 0 Å². The predicted molar refractivity (Wildman–Crippen MR) is 61.4 cm³/mol. The maximum absolute atomic E-state index is 6.03. The van der Waals surface area contributed by atoms with Crippen LogP contribution >= 0.6 is 11.6 Å². The Hall–Kier alpha value is -0.770. The molecule has 1 aromatic rings. The van der Waals surface area contributed by atoms with Crippen LogP contribution in [-0.2, 0) is 10.3 Å². The van der Waals surface area contributed by atoms with Crippen molar-refractivity contribution in [3.63, 3.8) is 0 Å². The molecule has 0 radical (unpaired) electrons. The van der Waals surface area contributed by atoms with Crippen molar-refractivity contribution in [2.75, 3.05) is 20.8 Å². The highest BCUT2D eigenvalue weighted by Crippen LogP contribution is 2.36. The van der Waals surface area contributed by atoms with Gasteiger partial charge in [-0.05, 0) is 13.0 Å². The van der Waals surface area contributed by atoms with Gasteiger partial charge < -0.3 is 15.2 Å². The second kappa shape index (κ2) is 4.84. The highest BCUT2D eigenvalue weighted by molar-refractivity contribution is 6.32. The average Bonchev–Trinajstić information content (AvgIpc) is 2.27.